The molecule has 0 spiro atoms. The first-order valence-corrected chi connectivity index (χ1v) is 7.34. The van der Waals surface area contributed by atoms with E-state index in [2.05, 4.69) is 25.2 Å². The van der Waals surface area contributed by atoms with Gasteiger partial charge in [0.05, 0.1) is 0 Å². The lowest BCUT2D eigenvalue weighted by Crippen LogP contribution is -2.45. The van der Waals surface area contributed by atoms with Gasteiger partial charge in [0.25, 0.3) is 0 Å². The van der Waals surface area contributed by atoms with Crippen LogP contribution < -0.4 is 15.8 Å². The molecule has 0 heterocycles. The Morgan fingerprint density at radius 3 is 2.65 bits per heavy atom. The molecule has 2 unspecified atom stereocenters. The fourth-order valence-corrected chi connectivity index (χ4v) is 1.97. The van der Waals surface area contributed by atoms with Gasteiger partial charge in [0.2, 0.25) is 5.91 Å². The second kappa shape index (κ2) is 8.59. The molecule has 1 rings (SSSR count). The van der Waals surface area contributed by atoms with Crippen molar-refractivity contribution in [2.75, 3.05) is 13.2 Å². The van der Waals surface area contributed by atoms with Gasteiger partial charge in [-0.3, -0.25) is 4.79 Å². The van der Waals surface area contributed by atoms with E-state index < -0.39 is 6.04 Å². The zero-order valence-electron chi connectivity index (χ0n) is 12.7. The summed E-state index contributed by atoms with van der Waals surface area (Å²) in [5, 5.41) is 3.10. The van der Waals surface area contributed by atoms with Crippen molar-refractivity contribution in [3.8, 4) is 5.75 Å². The molecule has 0 aliphatic carbocycles. The maximum atomic E-state index is 11.4. The van der Waals surface area contributed by atoms with E-state index >= 15 is 0 Å². The van der Waals surface area contributed by atoms with Crippen LogP contribution in [0.2, 0.25) is 0 Å². The van der Waals surface area contributed by atoms with Crippen molar-refractivity contribution in [2.24, 2.45) is 5.73 Å². The number of para-hydroxylation sites is 1. The van der Waals surface area contributed by atoms with E-state index in [-0.39, 0.29) is 12.5 Å². The zero-order chi connectivity index (χ0) is 15.0. The molecule has 0 aliphatic rings. The van der Waals surface area contributed by atoms with Gasteiger partial charge in [-0.05, 0) is 36.9 Å². The van der Waals surface area contributed by atoms with Gasteiger partial charge in [0.1, 0.15) is 18.4 Å². The molecule has 0 saturated heterocycles. The largest absolute Gasteiger partial charge is 0.491 e. The van der Waals surface area contributed by atoms with E-state index in [0.29, 0.717) is 5.92 Å². The highest BCUT2D eigenvalue weighted by Crippen LogP contribution is 2.28. The third-order valence-electron chi connectivity index (χ3n) is 3.45. The molecule has 112 valence electrons. The minimum atomic E-state index is -0.445. The topological polar surface area (TPSA) is 64.3 Å². The molecule has 3 N–H and O–H groups in total. The van der Waals surface area contributed by atoms with Gasteiger partial charge in [0, 0.05) is 0 Å². The molecule has 0 radical (unpaired) electrons. The molecular formula is C16H26N2O2. The number of carbonyl (C=O) groups excluding carboxylic acids is 1. The Morgan fingerprint density at radius 1 is 1.35 bits per heavy atom. The number of nitrogens with one attached hydrogen (secondary N) is 1. The van der Waals surface area contributed by atoms with E-state index in [0.717, 1.165) is 25.1 Å². The van der Waals surface area contributed by atoms with Crippen LogP contribution in [-0.4, -0.2) is 25.1 Å². The van der Waals surface area contributed by atoms with Crippen LogP contribution in [0.1, 0.15) is 45.1 Å². The lowest BCUT2D eigenvalue weighted by molar-refractivity contribution is -0.120. The highest BCUT2D eigenvalue weighted by atomic mass is 16.5. The van der Waals surface area contributed by atoms with Crippen LogP contribution in [0.25, 0.3) is 0 Å². The monoisotopic (exact) mass is 278 g/mol. The van der Waals surface area contributed by atoms with Crippen molar-refractivity contribution in [1.29, 1.82) is 0 Å². The Kier molecular flexibility index (Phi) is 7.09. The van der Waals surface area contributed by atoms with Gasteiger partial charge in [-0.25, -0.2) is 0 Å². The molecule has 4 nitrogen and oxygen atoms in total. The molecule has 0 saturated carbocycles. The molecule has 20 heavy (non-hydrogen) atoms. The second-order valence-corrected chi connectivity index (χ2v) is 5.07. The molecule has 1 aromatic rings. The van der Waals surface area contributed by atoms with Crippen molar-refractivity contribution in [3.63, 3.8) is 0 Å². The summed E-state index contributed by atoms with van der Waals surface area (Å²) < 4.78 is 5.82. The zero-order valence-corrected chi connectivity index (χ0v) is 12.7. The van der Waals surface area contributed by atoms with Crippen LogP contribution >= 0.6 is 0 Å². The number of nitrogens with two attached hydrogens (primary N) is 1. The van der Waals surface area contributed by atoms with Crippen LogP contribution in [0.5, 0.6) is 5.75 Å². The normalized spacial score (nSPS) is 13.8. The Bertz CT molecular complexity index is 421. The predicted octanol–water partition coefficient (Wildman–Crippen LogP) is 2.43. The van der Waals surface area contributed by atoms with Crippen molar-refractivity contribution in [1.82, 2.24) is 5.32 Å². The summed E-state index contributed by atoms with van der Waals surface area (Å²) in [6.45, 7) is 7.39. The highest BCUT2D eigenvalue weighted by Gasteiger charge is 2.16. The maximum absolute atomic E-state index is 11.4. The van der Waals surface area contributed by atoms with Crippen molar-refractivity contribution >= 4 is 5.91 Å². The summed E-state index contributed by atoms with van der Waals surface area (Å²) in [5.41, 5.74) is 6.56. The van der Waals surface area contributed by atoms with E-state index in [1.54, 1.807) is 0 Å². The van der Waals surface area contributed by atoms with Gasteiger partial charge >= 0.3 is 0 Å². The summed E-state index contributed by atoms with van der Waals surface area (Å²) >= 11 is 0. The molecule has 0 bridgehead atoms. The molecule has 0 fully saturated rings. The van der Waals surface area contributed by atoms with Gasteiger partial charge in [-0.1, -0.05) is 39.0 Å². The minimum absolute atomic E-state index is 0.267. The number of hydrogen-bond donors (Lipinski definition) is 2. The highest BCUT2D eigenvalue weighted by molar-refractivity contribution is 5.80. The molecule has 4 heteroatoms. The van der Waals surface area contributed by atoms with Crippen molar-refractivity contribution < 1.29 is 9.53 Å². The number of primary amides is 1. The number of rotatable bonds is 9. The summed E-state index contributed by atoms with van der Waals surface area (Å²) in [5.74, 6) is 0.896. The first-order chi connectivity index (χ1) is 9.60. The van der Waals surface area contributed by atoms with Gasteiger partial charge in [-0.15, -0.1) is 0 Å². The lowest BCUT2D eigenvalue weighted by atomic mass is 9.98. The van der Waals surface area contributed by atoms with E-state index in [4.69, 9.17) is 10.5 Å². The lowest BCUT2D eigenvalue weighted by Gasteiger charge is -2.19. The van der Waals surface area contributed by atoms with Gasteiger partial charge in [-0.2, -0.15) is 0 Å². The molecule has 1 amide bonds. The van der Waals surface area contributed by atoms with Crippen LogP contribution in [-0.2, 0) is 4.79 Å². The molecule has 2 atom stereocenters. The smallest absolute Gasteiger partial charge is 0.238 e. The number of ether oxygens (including phenoxy) is 1. The minimum Gasteiger partial charge on any atom is -0.491 e. The van der Waals surface area contributed by atoms with E-state index in [9.17, 15) is 4.79 Å². The fraction of sp³-hybridized carbons (Fsp3) is 0.562. The Hall–Kier alpha value is -1.55. The second-order valence-electron chi connectivity index (χ2n) is 5.07. The van der Waals surface area contributed by atoms with E-state index in [1.165, 1.54) is 5.56 Å². The van der Waals surface area contributed by atoms with Crippen LogP contribution in [0, 0.1) is 0 Å². The molecule has 0 aromatic heterocycles. The quantitative estimate of drug-likeness (QED) is 0.729. The summed E-state index contributed by atoms with van der Waals surface area (Å²) in [4.78, 5) is 11.4. The Balaban J connectivity index is 2.70. The Morgan fingerprint density at radius 2 is 2.05 bits per heavy atom. The number of amides is 1. The van der Waals surface area contributed by atoms with Crippen LogP contribution in [0.4, 0.5) is 0 Å². The summed E-state index contributed by atoms with van der Waals surface area (Å²) in [6, 6.07) is 7.52. The third-order valence-corrected chi connectivity index (χ3v) is 3.45. The first kappa shape index (κ1) is 16.5. The van der Waals surface area contributed by atoms with Gasteiger partial charge < -0.3 is 15.8 Å². The number of hydrogen-bond acceptors (Lipinski definition) is 3. The van der Waals surface area contributed by atoms with Crippen LogP contribution in [0.15, 0.2) is 24.3 Å². The molecule has 1 aromatic carbocycles. The summed E-state index contributed by atoms with van der Waals surface area (Å²) in [6.07, 6.45) is 2.00. The van der Waals surface area contributed by atoms with Crippen molar-refractivity contribution in [2.45, 2.75) is 45.6 Å². The van der Waals surface area contributed by atoms with Gasteiger partial charge in [0.15, 0.2) is 0 Å². The average molecular weight is 278 g/mol. The van der Waals surface area contributed by atoms with E-state index in [1.807, 2.05) is 25.1 Å². The average Bonchev–Trinajstić information content (AvgIpc) is 2.46. The molecular weight excluding hydrogens is 252 g/mol. The number of benzene rings is 1. The third kappa shape index (κ3) is 4.85. The molecule has 0 aliphatic heterocycles. The predicted molar refractivity (Wildman–Crippen MR) is 81.9 cm³/mol. The Labute approximate surface area is 121 Å². The standard InChI is InChI=1S/C16H26N2O2/c1-4-10-18-14(16(17)19)11-20-15-9-7-6-8-13(15)12(3)5-2/h6-9,12,14,18H,4-5,10-11H2,1-3H3,(H2,17,19). The fourth-order valence-electron chi connectivity index (χ4n) is 1.97. The summed E-state index contributed by atoms with van der Waals surface area (Å²) in [7, 11) is 0. The van der Waals surface area contributed by atoms with Crippen molar-refractivity contribution in [3.05, 3.63) is 29.8 Å². The first-order valence-electron chi connectivity index (χ1n) is 7.34. The SMILES string of the molecule is CCCNC(COc1ccccc1C(C)CC)C(N)=O. The van der Waals surface area contributed by atoms with Crippen LogP contribution in [0.3, 0.4) is 0 Å². The number of carbonyl (C=O) groups is 1. The maximum Gasteiger partial charge on any atom is 0.238 e.